The monoisotopic (exact) mass is 313 g/mol. The van der Waals surface area contributed by atoms with E-state index >= 15 is 0 Å². The Labute approximate surface area is 136 Å². The second-order valence-corrected chi connectivity index (χ2v) is 7.06. The lowest BCUT2D eigenvalue weighted by atomic mass is 9.67. The summed E-state index contributed by atoms with van der Waals surface area (Å²) in [6, 6.07) is 8.07. The number of nitrogens with zero attached hydrogens (tertiary/aromatic N) is 1. The van der Waals surface area contributed by atoms with Gasteiger partial charge in [0.1, 0.15) is 0 Å². The Morgan fingerprint density at radius 3 is 2.64 bits per heavy atom. The molecule has 0 amide bonds. The summed E-state index contributed by atoms with van der Waals surface area (Å²) in [6.07, 6.45) is 7.31. The van der Waals surface area contributed by atoms with Crippen LogP contribution in [0.2, 0.25) is 5.02 Å². The molecule has 0 aromatic heterocycles. The van der Waals surface area contributed by atoms with Crippen LogP contribution in [0.1, 0.15) is 56.4 Å². The van der Waals surface area contributed by atoms with Crippen molar-refractivity contribution < 1.29 is 4.79 Å². The summed E-state index contributed by atoms with van der Waals surface area (Å²) in [5, 5.41) is 0.751. The summed E-state index contributed by atoms with van der Waals surface area (Å²) in [6.45, 7) is 0. The van der Waals surface area contributed by atoms with Crippen LogP contribution in [0.15, 0.2) is 40.5 Å². The summed E-state index contributed by atoms with van der Waals surface area (Å²) in [4.78, 5) is 17.5. The van der Waals surface area contributed by atoms with E-state index in [4.69, 9.17) is 16.6 Å². The van der Waals surface area contributed by atoms with Gasteiger partial charge in [-0.2, -0.15) is 0 Å². The topological polar surface area (TPSA) is 29.4 Å². The van der Waals surface area contributed by atoms with Crippen molar-refractivity contribution >= 4 is 23.1 Å². The maximum absolute atomic E-state index is 12.6. The molecule has 3 aliphatic rings. The Balaban J connectivity index is 1.85. The van der Waals surface area contributed by atoms with Crippen LogP contribution >= 0.6 is 11.6 Å². The molecule has 0 bridgehead atoms. The molecular weight excluding hydrogens is 294 g/mol. The number of hydrogen-bond donors (Lipinski definition) is 0. The van der Waals surface area contributed by atoms with Gasteiger partial charge in [-0.3, -0.25) is 9.79 Å². The second-order valence-electron chi connectivity index (χ2n) is 6.62. The first-order valence-electron chi connectivity index (χ1n) is 8.33. The fraction of sp³-hybridized carbons (Fsp3) is 0.474. The van der Waals surface area contributed by atoms with E-state index in [9.17, 15) is 4.79 Å². The third-order valence-electron chi connectivity index (χ3n) is 5.28. The molecule has 2 nitrogen and oxygen atoms in total. The zero-order valence-corrected chi connectivity index (χ0v) is 13.4. The zero-order valence-electron chi connectivity index (χ0n) is 12.6. The molecule has 114 valence electrons. The van der Waals surface area contributed by atoms with Crippen LogP contribution in [0, 0.1) is 5.92 Å². The minimum Gasteiger partial charge on any atom is -0.294 e. The van der Waals surface area contributed by atoms with Crippen LogP contribution < -0.4 is 0 Å². The van der Waals surface area contributed by atoms with Gasteiger partial charge in [-0.05, 0) is 49.8 Å². The standard InChI is InChI=1S/C19H20ClNO/c20-13-10-8-12(9-11-13)18-14-4-1-2-5-15(14)21-16-6-3-7-17(22)19(16)18/h8-11,14,18H,1-7H2. The minimum absolute atomic E-state index is 0.202. The minimum atomic E-state index is 0.202. The Hall–Kier alpha value is -1.41. The maximum Gasteiger partial charge on any atom is 0.161 e. The van der Waals surface area contributed by atoms with Gasteiger partial charge in [0.15, 0.2) is 5.78 Å². The van der Waals surface area contributed by atoms with E-state index < -0.39 is 0 Å². The van der Waals surface area contributed by atoms with Gasteiger partial charge in [-0.25, -0.2) is 0 Å². The average Bonchev–Trinajstić information content (AvgIpc) is 2.54. The predicted octanol–water partition coefficient (Wildman–Crippen LogP) is 5.08. The number of hydrogen-bond acceptors (Lipinski definition) is 2. The van der Waals surface area contributed by atoms with Gasteiger partial charge in [0.25, 0.3) is 0 Å². The van der Waals surface area contributed by atoms with Crippen LogP contribution in [-0.2, 0) is 4.79 Å². The molecule has 1 aromatic rings. The number of aliphatic imine (C=N–C) groups is 1. The van der Waals surface area contributed by atoms with Gasteiger partial charge in [-0.1, -0.05) is 30.2 Å². The number of carbonyl (C=O) groups excluding carboxylic acids is 1. The predicted molar refractivity (Wildman–Crippen MR) is 89.5 cm³/mol. The molecule has 4 rings (SSSR count). The first-order valence-corrected chi connectivity index (χ1v) is 8.71. The summed E-state index contributed by atoms with van der Waals surface area (Å²) in [7, 11) is 0. The lowest BCUT2D eigenvalue weighted by molar-refractivity contribution is -0.116. The highest BCUT2D eigenvalue weighted by molar-refractivity contribution is 6.30. The average molecular weight is 314 g/mol. The molecule has 0 radical (unpaired) electrons. The number of fused-ring (bicyclic) bond motifs is 1. The molecule has 0 N–H and O–H groups in total. The zero-order chi connectivity index (χ0) is 15.1. The van der Waals surface area contributed by atoms with Gasteiger partial charge in [0.2, 0.25) is 0 Å². The van der Waals surface area contributed by atoms with E-state index in [0.29, 0.717) is 18.1 Å². The van der Waals surface area contributed by atoms with Gasteiger partial charge in [0.05, 0.1) is 0 Å². The van der Waals surface area contributed by atoms with Crippen molar-refractivity contribution in [3.05, 3.63) is 46.1 Å². The lowest BCUT2D eigenvalue weighted by Crippen LogP contribution is -2.34. The molecule has 1 saturated carbocycles. The van der Waals surface area contributed by atoms with Gasteiger partial charge < -0.3 is 0 Å². The summed E-state index contributed by atoms with van der Waals surface area (Å²) in [5.41, 5.74) is 4.64. The maximum atomic E-state index is 12.6. The van der Waals surface area contributed by atoms with Crippen molar-refractivity contribution in [2.24, 2.45) is 10.9 Å². The Morgan fingerprint density at radius 1 is 1.00 bits per heavy atom. The molecule has 3 heteroatoms. The van der Waals surface area contributed by atoms with Crippen LogP contribution in [-0.4, -0.2) is 11.5 Å². The Kier molecular flexibility index (Phi) is 3.65. The fourth-order valence-electron chi connectivity index (χ4n) is 4.28. The molecule has 2 aliphatic carbocycles. The number of carbonyl (C=O) groups is 1. The normalized spacial score (nSPS) is 28.0. The van der Waals surface area contributed by atoms with E-state index in [2.05, 4.69) is 12.1 Å². The number of benzene rings is 1. The largest absolute Gasteiger partial charge is 0.294 e. The van der Waals surface area contributed by atoms with E-state index in [1.807, 2.05) is 12.1 Å². The van der Waals surface area contributed by atoms with E-state index in [1.54, 1.807) is 0 Å². The van der Waals surface area contributed by atoms with Crippen molar-refractivity contribution in [3.63, 3.8) is 0 Å². The lowest BCUT2D eigenvalue weighted by Gasteiger charge is -2.38. The molecule has 1 heterocycles. The molecule has 2 unspecified atom stereocenters. The fourth-order valence-corrected chi connectivity index (χ4v) is 4.41. The van der Waals surface area contributed by atoms with Crippen molar-refractivity contribution in [1.29, 1.82) is 0 Å². The SMILES string of the molecule is O=C1CCCC2=C1C(c1ccc(Cl)cc1)C1CCCCC1=N2. The number of Topliss-reactive ketones (excluding diaryl/α,β-unsaturated/α-hetero) is 1. The van der Waals surface area contributed by atoms with E-state index in [1.165, 1.54) is 24.1 Å². The van der Waals surface area contributed by atoms with Crippen molar-refractivity contribution in [3.8, 4) is 0 Å². The highest BCUT2D eigenvalue weighted by Gasteiger charge is 2.40. The highest BCUT2D eigenvalue weighted by atomic mass is 35.5. The van der Waals surface area contributed by atoms with Crippen LogP contribution in [0.5, 0.6) is 0 Å². The molecule has 0 saturated heterocycles. The molecule has 2 atom stereocenters. The second kappa shape index (κ2) is 5.66. The first kappa shape index (κ1) is 14.2. The molecule has 1 fully saturated rings. The Morgan fingerprint density at radius 2 is 1.82 bits per heavy atom. The smallest absolute Gasteiger partial charge is 0.161 e. The summed E-state index contributed by atoms with van der Waals surface area (Å²) >= 11 is 6.05. The Bertz CT molecular complexity index is 671. The van der Waals surface area contributed by atoms with Crippen LogP contribution in [0.4, 0.5) is 0 Å². The number of rotatable bonds is 1. The van der Waals surface area contributed by atoms with E-state index in [-0.39, 0.29) is 5.92 Å². The molecule has 0 spiro atoms. The first-order chi connectivity index (χ1) is 10.7. The van der Waals surface area contributed by atoms with Crippen molar-refractivity contribution in [1.82, 2.24) is 0 Å². The van der Waals surface area contributed by atoms with Crippen LogP contribution in [0.25, 0.3) is 0 Å². The van der Waals surface area contributed by atoms with E-state index in [0.717, 1.165) is 42.0 Å². The highest BCUT2D eigenvalue weighted by Crippen LogP contribution is 2.47. The molecular formula is C19H20ClNO. The third-order valence-corrected chi connectivity index (χ3v) is 5.53. The molecule has 1 aromatic carbocycles. The summed E-state index contributed by atoms with van der Waals surface area (Å²) in [5.74, 6) is 0.929. The van der Waals surface area contributed by atoms with Crippen LogP contribution in [0.3, 0.4) is 0 Å². The van der Waals surface area contributed by atoms with Gasteiger partial charge in [0, 0.05) is 40.3 Å². The third kappa shape index (κ3) is 2.34. The quantitative estimate of drug-likeness (QED) is 0.711. The van der Waals surface area contributed by atoms with Crippen molar-refractivity contribution in [2.45, 2.75) is 50.9 Å². The number of allylic oxidation sites excluding steroid dienone is 2. The number of halogens is 1. The van der Waals surface area contributed by atoms with Gasteiger partial charge in [-0.15, -0.1) is 0 Å². The molecule has 22 heavy (non-hydrogen) atoms. The van der Waals surface area contributed by atoms with Gasteiger partial charge >= 0.3 is 0 Å². The number of ketones is 1. The van der Waals surface area contributed by atoms with Crippen molar-refractivity contribution in [2.75, 3.05) is 0 Å². The molecule has 1 aliphatic heterocycles. The summed E-state index contributed by atoms with van der Waals surface area (Å²) < 4.78 is 0.